The number of hydrogen-bond donors (Lipinski definition) is 0. The standard InChI is InChI=1S/C37H23N3S/c1-3-12-28-26(10-1)27-11-2-4-13-29(27)37(28)30-14-5-7-17-33(30)40(34-18-8-6-15-31(34)37)25-21-19-24(20-22-25)35-39-32-16-9-23-38-36(32)41-35/h1-23H. The Bertz CT molecular complexity index is 2000. The van der Waals surface area contributed by atoms with Crippen molar-refractivity contribution in [3.63, 3.8) is 0 Å². The van der Waals surface area contributed by atoms with Crippen LogP contribution >= 0.6 is 11.3 Å². The molecule has 0 radical (unpaired) electrons. The van der Waals surface area contributed by atoms with E-state index in [9.17, 15) is 0 Å². The van der Waals surface area contributed by atoms with Crippen LogP contribution in [0.5, 0.6) is 0 Å². The second kappa shape index (κ2) is 8.47. The molecule has 1 aliphatic heterocycles. The first-order valence-corrected chi connectivity index (χ1v) is 14.7. The summed E-state index contributed by atoms with van der Waals surface area (Å²) in [7, 11) is 0. The van der Waals surface area contributed by atoms with Gasteiger partial charge in [-0.1, -0.05) is 96.3 Å². The molecule has 3 nitrogen and oxygen atoms in total. The number of anilines is 3. The van der Waals surface area contributed by atoms with E-state index in [1.807, 2.05) is 18.3 Å². The highest BCUT2D eigenvalue weighted by atomic mass is 32.1. The maximum atomic E-state index is 4.83. The van der Waals surface area contributed by atoms with Gasteiger partial charge in [0.25, 0.3) is 0 Å². The molecule has 0 saturated carbocycles. The number of hydrogen-bond acceptors (Lipinski definition) is 4. The molecular weight excluding hydrogens is 518 g/mol. The second-order valence-electron chi connectivity index (χ2n) is 10.6. The van der Waals surface area contributed by atoms with E-state index < -0.39 is 0 Å². The van der Waals surface area contributed by atoms with Crippen LogP contribution in [0.3, 0.4) is 0 Å². The summed E-state index contributed by atoms with van der Waals surface area (Å²) in [5, 5.41) is 0.989. The Kier molecular flexibility index (Phi) is 4.69. The molecule has 3 heterocycles. The van der Waals surface area contributed by atoms with Gasteiger partial charge < -0.3 is 4.90 Å². The topological polar surface area (TPSA) is 29.0 Å². The van der Waals surface area contributed by atoms with Crippen LogP contribution in [0.2, 0.25) is 0 Å². The van der Waals surface area contributed by atoms with Gasteiger partial charge >= 0.3 is 0 Å². The molecule has 41 heavy (non-hydrogen) atoms. The minimum absolute atomic E-state index is 0.384. The highest BCUT2D eigenvalue weighted by Gasteiger charge is 2.51. The van der Waals surface area contributed by atoms with Crippen molar-refractivity contribution < 1.29 is 0 Å². The molecule has 5 aromatic carbocycles. The van der Waals surface area contributed by atoms with Crippen molar-refractivity contribution in [3.8, 4) is 21.7 Å². The monoisotopic (exact) mass is 541 g/mol. The van der Waals surface area contributed by atoms with Gasteiger partial charge in [0.2, 0.25) is 0 Å². The molecule has 0 amide bonds. The maximum absolute atomic E-state index is 4.83. The van der Waals surface area contributed by atoms with Gasteiger partial charge in [-0.05, 0) is 81.9 Å². The van der Waals surface area contributed by atoms with Crippen LogP contribution in [0.1, 0.15) is 22.3 Å². The fourth-order valence-corrected chi connectivity index (χ4v) is 7.90. The van der Waals surface area contributed by atoms with Crippen molar-refractivity contribution in [2.24, 2.45) is 0 Å². The van der Waals surface area contributed by atoms with Crippen molar-refractivity contribution in [2.45, 2.75) is 5.41 Å². The third kappa shape index (κ3) is 3.03. The number of pyridine rings is 1. The van der Waals surface area contributed by atoms with Crippen LogP contribution in [-0.4, -0.2) is 9.97 Å². The van der Waals surface area contributed by atoms with E-state index in [0.717, 1.165) is 26.6 Å². The van der Waals surface area contributed by atoms with Crippen molar-refractivity contribution in [1.82, 2.24) is 9.97 Å². The van der Waals surface area contributed by atoms with Crippen molar-refractivity contribution >= 4 is 38.7 Å². The van der Waals surface area contributed by atoms with E-state index in [4.69, 9.17) is 4.98 Å². The maximum Gasteiger partial charge on any atom is 0.143 e. The minimum atomic E-state index is -0.384. The summed E-state index contributed by atoms with van der Waals surface area (Å²) in [5.41, 5.74) is 13.1. The normalized spacial score (nSPS) is 14.0. The molecule has 0 atom stereocenters. The molecule has 4 heteroatoms. The Morgan fingerprint density at radius 3 is 1.71 bits per heavy atom. The predicted molar refractivity (Wildman–Crippen MR) is 168 cm³/mol. The highest BCUT2D eigenvalue weighted by Crippen LogP contribution is 2.63. The molecular formula is C37H23N3S. The van der Waals surface area contributed by atoms with Gasteiger partial charge in [0.15, 0.2) is 0 Å². The van der Waals surface area contributed by atoms with E-state index in [0.29, 0.717) is 0 Å². The fourth-order valence-electron chi connectivity index (χ4n) is 6.99. The van der Waals surface area contributed by atoms with Gasteiger partial charge in [0, 0.05) is 17.4 Å². The Balaban J connectivity index is 1.27. The number of fused-ring (bicyclic) bond motifs is 10. The van der Waals surface area contributed by atoms with E-state index in [1.165, 1.54) is 44.8 Å². The first-order chi connectivity index (χ1) is 20.3. The number of rotatable bonds is 2. The van der Waals surface area contributed by atoms with Crippen molar-refractivity contribution in [2.75, 3.05) is 4.90 Å². The lowest BCUT2D eigenvalue weighted by molar-refractivity contribution is 0.752. The number of aromatic nitrogens is 2. The van der Waals surface area contributed by atoms with Crippen LogP contribution in [-0.2, 0) is 5.41 Å². The lowest BCUT2D eigenvalue weighted by Gasteiger charge is -2.45. The number of thiazole rings is 1. The third-order valence-corrected chi connectivity index (χ3v) is 9.62. The molecule has 7 aromatic rings. The van der Waals surface area contributed by atoms with Gasteiger partial charge in [-0.25, -0.2) is 9.97 Å². The van der Waals surface area contributed by atoms with Gasteiger partial charge in [-0.3, -0.25) is 0 Å². The molecule has 1 spiro atoms. The lowest BCUT2D eigenvalue weighted by Crippen LogP contribution is -2.36. The summed E-state index contributed by atoms with van der Waals surface area (Å²) in [5.74, 6) is 0. The molecule has 0 N–H and O–H groups in total. The van der Waals surface area contributed by atoms with Crippen LogP contribution in [0.25, 0.3) is 32.0 Å². The van der Waals surface area contributed by atoms with Crippen molar-refractivity contribution in [1.29, 1.82) is 0 Å². The SMILES string of the molecule is c1ccc2c(c1)-c1ccccc1C21c2ccccc2N(c2ccc(-c3nc4cccnc4s3)cc2)c2ccccc21. The quantitative estimate of drug-likeness (QED) is 0.218. The third-order valence-electron chi connectivity index (χ3n) is 8.59. The Morgan fingerprint density at radius 1 is 0.537 bits per heavy atom. The summed E-state index contributed by atoms with van der Waals surface area (Å²) in [6.07, 6.45) is 1.83. The Labute approximate surface area is 242 Å². The van der Waals surface area contributed by atoms with E-state index in [2.05, 4.69) is 131 Å². The number of nitrogens with zero attached hydrogens (tertiary/aromatic N) is 3. The molecule has 0 saturated heterocycles. The molecule has 2 aromatic heterocycles. The summed E-state index contributed by atoms with van der Waals surface area (Å²) < 4.78 is 0. The van der Waals surface area contributed by atoms with E-state index in [-0.39, 0.29) is 5.41 Å². The molecule has 9 rings (SSSR count). The Morgan fingerprint density at radius 2 is 1.10 bits per heavy atom. The molecule has 1 aliphatic carbocycles. The summed E-state index contributed by atoms with van der Waals surface area (Å²) in [4.78, 5) is 12.7. The van der Waals surface area contributed by atoms with Crippen LogP contribution in [0.15, 0.2) is 140 Å². The van der Waals surface area contributed by atoms with E-state index >= 15 is 0 Å². The second-order valence-corrected chi connectivity index (χ2v) is 11.6. The fraction of sp³-hybridized carbons (Fsp3) is 0.0270. The summed E-state index contributed by atoms with van der Waals surface area (Å²) in [6.45, 7) is 0. The molecule has 192 valence electrons. The van der Waals surface area contributed by atoms with Gasteiger partial charge in [0.1, 0.15) is 15.4 Å². The van der Waals surface area contributed by atoms with Crippen LogP contribution in [0, 0.1) is 0 Å². The lowest BCUT2D eigenvalue weighted by atomic mass is 9.64. The smallest absolute Gasteiger partial charge is 0.143 e. The van der Waals surface area contributed by atoms with E-state index in [1.54, 1.807) is 11.3 Å². The average molecular weight is 542 g/mol. The summed E-state index contributed by atoms with van der Waals surface area (Å²) in [6, 6.07) is 48.5. The first-order valence-electron chi connectivity index (χ1n) is 13.8. The highest BCUT2D eigenvalue weighted by molar-refractivity contribution is 7.21. The van der Waals surface area contributed by atoms with Gasteiger partial charge in [0.05, 0.1) is 16.8 Å². The number of benzene rings is 5. The molecule has 0 unspecified atom stereocenters. The Hall–Kier alpha value is -5.06. The molecule has 0 fully saturated rings. The first kappa shape index (κ1) is 22.7. The van der Waals surface area contributed by atoms with Gasteiger partial charge in [-0.15, -0.1) is 0 Å². The zero-order chi connectivity index (χ0) is 27.0. The predicted octanol–water partition coefficient (Wildman–Crippen LogP) is 9.50. The number of para-hydroxylation sites is 2. The minimum Gasteiger partial charge on any atom is -0.310 e. The van der Waals surface area contributed by atoms with Gasteiger partial charge in [-0.2, -0.15) is 0 Å². The largest absolute Gasteiger partial charge is 0.310 e. The molecule has 2 aliphatic rings. The van der Waals surface area contributed by atoms with Crippen LogP contribution < -0.4 is 4.90 Å². The zero-order valence-electron chi connectivity index (χ0n) is 22.0. The van der Waals surface area contributed by atoms with Crippen molar-refractivity contribution in [3.05, 3.63) is 162 Å². The molecule has 0 bridgehead atoms. The van der Waals surface area contributed by atoms with Crippen LogP contribution in [0.4, 0.5) is 17.1 Å². The zero-order valence-corrected chi connectivity index (χ0v) is 22.8. The summed E-state index contributed by atoms with van der Waals surface area (Å²) >= 11 is 1.63. The average Bonchev–Trinajstić information content (AvgIpc) is 3.60.